The van der Waals surface area contributed by atoms with Crippen molar-refractivity contribution in [3.8, 4) is 0 Å². The van der Waals surface area contributed by atoms with Gasteiger partial charge in [0.25, 0.3) is 0 Å². The van der Waals surface area contributed by atoms with Crippen molar-refractivity contribution in [2.24, 2.45) is 23.2 Å². The minimum absolute atomic E-state index is 0.0501. The van der Waals surface area contributed by atoms with Crippen LogP contribution in [0.1, 0.15) is 40.0 Å². The molecule has 0 spiro atoms. The van der Waals surface area contributed by atoms with E-state index in [1.165, 1.54) is 7.11 Å². The molecule has 3 atom stereocenters. The number of esters is 1. The molecule has 1 saturated carbocycles. The fourth-order valence-electron chi connectivity index (χ4n) is 2.82. The van der Waals surface area contributed by atoms with Crippen molar-refractivity contribution >= 4 is 11.9 Å². The van der Waals surface area contributed by atoms with Crippen LogP contribution in [0.25, 0.3) is 0 Å². The van der Waals surface area contributed by atoms with Crippen LogP contribution in [0.15, 0.2) is 0 Å². The number of rotatable bonds is 6. The summed E-state index contributed by atoms with van der Waals surface area (Å²) >= 11 is 0. The molecule has 1 aliphatic carbocycles. The van der Waals surface area contributed by atoms with Crippen LogP contribution >= 0.6 is 0 Å². The van der Waals surface area contributed by atoms with Gasteiger partial charge in [-0.2, -0.15) is 0 Å². The van der Waals surface area contributed by atoms with Crippen LogP contribution in [0.5, 0.6) is 0 Å². The van der Waals surface area contributed by atoms with Crippen molar-refractivity contribution in [1.29, 1.82) is 0 Å². The van der Waals surface area contributed by atoms with Crippen LogP contribution in [0.2, 0.25) is 0 Å². The van der Waals surface area contributed by atoms with Crippen molar-refractivity contribution in [2.75, 3.05) is 7.11 Å². The molecule has 0 amide bonds. The van der Waals surface area contributed by atoms with Crippen LogP contribution in [-0.4, -0.2) is 24.2 Å². The molecule has 98 valence electrons. The molecule has 0 radical (unpaired) electrons. The number of carbonyl (C=O) groups is 2. The number of hydrogen-bond acceptors (Lipinski definition) is 3. The Bertz CT molecular complexity index is 307. The Balaban J connectivity index is 2.91. The molecular formula is C13H22O4. The van der Waals surface area contributed by atoms with Gasteiger partial charge >= 0.3 is 11.9 Å². The monoisotopic (exact) mass is 242 g/mol. The Morgan fingerprint density at radius 1 is 1.41 bits per heavy atom. The second-order valence-electron chi connectivity index (χ2n) is 5.34. The van der Waals surface area contributed by atoms with Gasteiger partial charge in [-0.05, 0) is 24.2 Å². The molecule has 0 heterocycles. The fraction of sp³-hybridized carbons (Fsp3) is 0.846. The van der Waals surface area contributed by atoms with E-state index in [4.69, 9.17) is 0 Å². The Labute approximate surface area is 102 Å². The third kappa shape index (κ3) is 2.79. The number of carboxylic acid groups (broad SMARTS) is 1. The highest BCUT2D eigenvalue weighted by atomic mass is 16.5. The third-order valence-corrected chi connectivity index (χ3v) is 4.20. The summed E-state index contributed by atoms with van der Waals surface area (Å²) in [5.41, 5.74) is 0.0973. The second-order valence-corrected chi connectivity index (χ2v) is 5.34. The van der Waals surface area contributed by atoms with Gasteiger partial charge < -0.3 is 9.84 Å². The maximum atomic E-state index is 11.5. The average molecular weight is 242 g/mol. The van der Waals surface area contributed by atoms with Crippen LogP contribution in [0.3, 0.4) is 0 Å². The number of carboxylic acids is 1. The molecule has 3 unspecified atom stereocenters. The lowest BCUT2D eigenvalue weighted by atomic mass is 9.73. The molecule has 17 heavy (non-hydrogen) atoms. The molecule has 0 saturated heterocycles. The number of ether oxygens (including phenoxy) is 1. The lowest BCUT2D eigenvalue weighted by molar-refractivity contribution is -0.158. The maximum absolute atomic E-state index is 11.5. The number of hydrogen-bond donors (Lipinski definition) is 1. The van der Waals surface area contributed by atoms with E-state index in [0.29, 0.717) is 0 Å². The number of aliphatic carboxylic acids is 1. The maximum Gasteiger partial charge on any atom is 0.309 e. The molecule has 0 aliphatic heterocycles. The zero-order valence-corrected chi connectivity index (χ0v) is 11.0. The van der Waals surface area contributed by atoms with E-state index in [-0.39, 0.29) is 11.3 Å². The first-order chi connectivity index (χ1) is 7.87. The first kappa shape index (κ1) is 14.0. The van der Waals surface area contributed by atoms with Gasteiger partial charge in [0.2, 0.25) is 0 Å². The van der Waals surface area contributed by atoms with Crippen molar-refractivity contribution in [2.45, 2.75) is 40.0 Å². The van der Waals surface area contributed by atoms with Gasteiger partial charge in [-0.3, -0.25) is 9.59 Å². The van der Waals surface area contributed by atoms with Gasteiger partial charge in [0, 0.05) is 0 Å². The minimum atomic E-state index is -0.886. The molecule has 4 nitrogen and oxygen atoms in total. The largest absolute Gasteiger partial charge is 0.481 e. The highest BCUT2D eigenvalue weighted by Gasteiger charge is 2.51. The molecule has 0 aromatic carbocycles. The molecule has 1 aliphatic rings. The van der Waals surface area contributed by atoms with E-state index < -0.39 is 23.8 Å². The Morgan fingerprint density at radius 3 is 2.24 bits per heavy atom. The highest BCUT2D eigenvalue weighted by molar-refractivity contribution is 5.81. The van der Waals surface area contributed by atoms with Crippen LogP contribution in [-0.2, 0) is 14.3 Å². The second kappa shape index (κ2) is 5.07. The third-order valence-electron chi connectivity index (χ3n) is 4.20. The van der Waals surface area contributed by atoms with E-state index >= 15 is 0 Å². The predicted molar refractivity (Wildman–Crippen MR) is 63.4 cm³/mol. The fourth-order valence-corrected chi connectivity index (χ4v) is 2.82. The van der Waals surface area contributed by atoms with E-state index in [9.17, 15) is 14.7 Å². The van der Waals surface area contributed by atoms with Crippen molar-refractivity contribution in [3.05, 3.63) is 0 Å². The van der Waals surface area contributed by atoms with Crippen LogP contribution in [0, 0.1) is 23.2 Å². The summed E-state index contributed by atoms with van der Waals surface area (Å²) in [6, 6.07) is 0. The van der Waals surface area contributed by atoms with Gasteiger partial charge in [-0.1, -0.05) is 27.2 Å². The smallest absolute Gasteiger partial charge is 0.309 e. The van der Waals surface area contributed by atoms with E-state index in [2.05, 4.69) is 11.7 Å². The highest BCUT2D eigenvalue weighted by Crippen LogP contribution is 2.56. The molecule has 4 heteroatoms. The van der Waals surface area contributed by atoms with Gasteiger partial charge in [0.15, 0.2) is 0 Å². The summed E-state index contributed by atoms with van der Waals surface area (Å²) in [7, 11) is 1.30. The van der Waals surface area contributed by atoms with Crippen molar-refractivity contribution in [3.63, 3.8) is 0 Å². The first-order valence-corrected chi connectivity index (χ1v) is 6.18. The number of carbonyl (C=O) groups excluding carboxylic acids is 1. The molecule has 0 aromatic heterocycles. The van der Waals surface area contributed by atoms with Gasteiger partial charge in [0.1, 0.15) is 0 Å². The SMILES string of the molecule is CCC(C(C(=O)O)C(C)C(=O)OC)C1(C)CC1. The molecule has 1 rings (SSSR count). The van der Waals surface area contributed by atoms with Gasteiger partial charge in [0.05, 0.1) is 18.9 Å². The topological polar surface area (TPSA) is 63.6 Å². The van der Waals surface area contributed by atoms with E-state index in [1.54, 1.807) is 6.92 Å². The molecule has 1 N–H and O–H groups in total. The summed E-state index contributed by atoms with van der Waals surface area (Å²) in [5.74, 6) is -2.49. The summed E-state index contributed by atoms with van der Waals surface area (Å²) in [5, 5.41) is 9.37. The quantitative estimate of drug-likeness (QED) is 0.726. The Morgan fingerprint density at radius 2 is 1.94 bits per heavy atom. The molecule has 1 fully saturated rings. The average Bonchev–Trinajstić information content (AvgIpc) is 3.02. The standard InChI is InChI=1S/C13H22O4/c1-5-9(13(3)6-7-13)10(11(14)15)8(2)12(16)17-4/h8-10H,5-7H2,1-4H3,(H,14,15). The van der Waals surface area contributed by atoms with Crippen LogP contribution < -0.4 is 0 Å². The lowest BCUT2D eigenvalue weighted by Crippen LogP contribution is -2.37. The van der Waals surface area contributed by atoms with Crippen molar-refractivity contribution in [1.82, 2.24) is 0 Å². The first-order valence-electron chi connectivity index (χ1n) is 6.18. The van der Waals surface area contributed by atoms with Gasteiger partial charge in [-0.15, -0.1) is 0 Å². The van der Waals surface area contributed by atoms with E-state index in [0.717, 1.165) is 19.3 Å². The molecular weight excluding hydrogens is 220 g/mol. The summed E-state index contributed by atoms with van der Waals surface area (Å²) in [4.78, 5) is 23.0. The summed E-state index contributed by atoms with van der Waals surface area (Å²) in [6.07, 6.45) is 2.90. The Kier molecular flexibility index (Phi) is 4.17. The molecule has 0 aromatic rings. The van der Waals surface area contributed by atoms with Gasteiger partial charge in [-0.25, -0.2) is 0 Å². The van der Waals surface area contributed by atoms with E-state index in [1.807, 2.05) is 6.92 Å². The normalized spacial score (nSPS) is 22.4. The summed E-state index contributed by atoms with van der Waals surface area (Å²) in [6.45, 7) is 5.76. The van der Waals surface area contributed by atoms with Crippen LogP contribution in [0.4, 0.5) is 0 Å². The molecule has 0 bridgehead atoms. The minimum Gasteiger partial charge on any atom is -0.481 e. The van der Waals surface area contributed by atoms with Crippen molar-refractivity contribution < 1.29 is 19.4 Å². The zero-order chi connectivity index (χ0) is 13.2. The lowest BCUT2D eigenvalue weighted by Gasteiger charge is -2.31. The zero-order valence-electron chi connectivity index (χ0n) is 11.0. The predicted octanol–water partition coefficient (Wildman–Crippen LogP) is 2.32. The summed E-state index contributed by atoms with van der Waals surface area (Å²) < 4.78 is 4.67. The number of methoxy groups -OCH3 is 1. The Hall–Kier alpha value is -1.06.